The van der Waals surface area contributed by atoms with E-state index in [2.05, 4.69) is 15.3 Å². The zero-order valence-corrected chi connectivity index (χ0v) is 10.9. The Kier molecular flexibility index (Phi) is 5.66. The smallest absolute Gasteiger partial charge is 0.353 e. The van der Waals surface area contributed by atoms with Crippen LogP contribution in [0.3, 0.4) is 0 Å². The van der Waals surface area contributed by atoms with E-state index in [0.29, 0.717) is 0 Å². The quantitative estimate of drug-likeness (QED) is 0.577. The van der Waals surface area contributed by atoms with Crippen LogP contribution in [0.1, 0.15) is 12.8 Å². The first-order valence-electron chi connectivity index (χ1n) is 5.81. The minimum absolute atomic E-state index is 0.0962. The number of nitrogens with zero attached hydrogens (tertiary/aromatic N) is 6. The van der Waals surface area contributed by atoms with Gasteiger partial charge in [-0.25, -0.2) is 9.97 Å². The molecular formula is C11H13N7O2. The molecule has 104 valence electrons. The number of hydrogen-bond donors (Lipinski definition) is 1. The molecule has 0 atom stereocenters. The van der Waals surface area contributed by atoms with Crippen molar-refractivity contribution in [3.8, 4) is 12.1 Å². The van der Waals surface area contributed by atoms with E-state index in [0.717, 1.165) is 0 Å². The second kappa shape index (κ2) is 7.48. The zero-order valence-electron chi connectivity index (χ0n) is 10.9. The van der Waals surface area contributed by atoms with Crippen molar-refractivity contribution in [2.75, 3.05) is 30.4 Å². The lowest BCUT2D eigenvalue weighted by Crippen LogP contribution is -2.27. The first kappa shape index (κ1) is 15.1. The van der Waals surface area contributed by atoms with Gasteiger partial charge in [0, 0.05) is 20.1 Å². The van der Waals surface area contributed by atoms with Gasteiger partial charge >= 0.3 is 5.69 Å². The van der Waals surface area contributed by atoms with Gasteiger partial charge < -0.3 is 10.2 Å². The lowest BCUT2D eigenvalue weighted by Gasteiger charge is -2.21. The summed E-state index contributed by atoms with van der Waals surface area (Å²) < 4.78 is 0. The molecule has 9 heteroatoms. The lowest BCUT2D eigenvalue weighted by molar-refractivity contribution is -0.383. The molecule has 0 bridgehead atoms. The van der Waals surface area contributed by atoms with E-state index < -0.39 is 4.92 Å². The SMILES string of the molecule is CNc1ncnc(N(CCC#N)CCC#N)c1[N+](=O)[O-]. The highest BCUT2D eigenvalue weighted by Gasteiger charge is 2.26. The molecule has 1 aromatic heterocycles. The van der Waals surface area contributed by atoms with Crippen LogP contribution < -0.4 is 10.2 Å². The molecule has 1 aromatic rings. The summed E-state index contributed by atoms with van der Waals surface area (Å²) in [6.45, 7) is 0.526. The van der Waals surface area contributed by atoms with Gasteiger partial charge in [-0.15, -0.1) is 0 Å². The summed E-state index contributed by atoms with van der Waals surface area (Å²) >= 11 is 0. The monoisotopic (exact) mass is 275 g/mol. The molecule has 0 saturated heterocycles. The molecule has 0 radical (unpaired) electrons. The Hall–Kier alpha value is -2.94. The Morgan fingerprint density at radius 1 is 1.35 bits per heavy atom. The summed E-state index contributed by atoms with van der Waals surface area (Å²) in [5, 5.41) is 31.1. The number of nitriles is 2. The maximum absolute atomic E-state index is 11.2. The molecule has 0 aliphatic rings. The minimum atomic E-state index is -0.576. The Morgan fingerprint density at radius 2 is 1.95 bits per heavy atom. The molecule has 20 heavy (non-hydrogen) atoms. The van der Waals surface area contributed by atoms with Gasteiger partial charge in [0.25, 0.3) is 0 Å². The third-order valence-electron chi connectivity index (χ3n) is 2.51. The van der Waals surface area contributed by atoms with Crippen molar-refractivity contribution in [1.82, 2.24) is 9.97 Å². The fraction of sp³-hybridized carbons (Fsp3) is 0.455. The molecule has 0 spiro atoms. The minimum Gasteiger partial charge on any atom is -0.367 e. The van der Waals surface area contributed by atoms with Crippen LogP contribution in [-0.4, -0.2) is 35.0 Å². The number of rotatable bonds is 7. The van der Waals surface area contributed by atoms with E-state index in [9.17, 15) is 10.1 Å². The standard InChI is InChI=1S/C11H13N7O2/c1-14-10-9(18(19)20)11(16-8-15-10)17(6-2-4-12)7-3-5-13/h8H,2-3,6-7H2,1H3,(H,14,15,16). The molecule has 0 saturated carbocycles. The van der Waals surface area contributed by atoms with E-state index >= 15 is 0 Å². The zero-order chi connectivity index (χ0) is 15.0. The van der Waals surface area contributed by atoms with Gasteiger partial charge in [0.05, 0.1) is 29.9 Å². The second-order valence-electron chi connectivity index (χ2n) is 3.70. The van der Waals surface area contributed by atoms with Gasteiger partial charge in [0.15, 0.2) is 0 Å². The Bertz CT molecular complexity index is 543. The average Bonchev–Trinajstić information content (AvgIpc) is 2.46. The molecular weight excluding hydrogens is 262 g/mol. The maximum atomic E-state index is 11.2. The van der Waals surface area contributed by atoms with E-state index in [-0.39, 0.29) is 43.3 Å². The summed E-state index contributed by atoms with van der Waals surface area (Å²) in [4.78, 5) is 19.9. The molecule has 0 unspecified atom stereocenters. The molecule has 0 fully saturated rings. The molecule has 0 aliphatic heterocycles. The first-order valence-corrected chi connectivity index (χ1v) is 5.81. The largest absolute Gasteiger partial charge is 0.367 e. The van der Waals surface area contributed by atoms with Crippen LogP contribution in [0.25, 0.3) is 0 Å². The summed E-state index contributed by atoms with van der Waals surface area (Å²) in [5.41, 5.74) is -0.258. The van der Waals surface area contributed by atoms with Crippen LogP contribution in [0.5, 0.6) is 0 Å². The van der Waals surface area contributed by atoms with Crippen molar-refractivity contribution < 1.29 is 4.92 Å². The van der Waals surface area contributed by atoms with Crippen molar-refractivity contribution in [2.24, 2.45) is 0 Å². The van der Waals surface area contributed by atoms with Crippen molar-refractivity contribution in [3.63, 3.8) is 0 Å². The maximum Gasteiger partial charge on any atom is 0.353 e. The molecule has 0 aliphatic carbocycles. The molecule has 0 amide bonds. The van der Waals surface area contributed by atoms with Gasteiger partial charge in [0.1, 0.15) is 6.33 Å². The molecule has 1 N–H and O–H groups in total. The highest BCUT2D eigenvalue weighted by atomic mass is 16.6. The number of nitro groups is 1. The van der Waals surface area contributed by atoms with Gasteiger partial charge in [-0.05, 0) is 0 Å². The average molecular weight is 275 g/mol. The van der Waals surface area contributed by atoms with E-state index in [1.807, 2.05) is 12.1 Å². The summed E-state index contributed by atoms with van der Waals surface area (Å²) in [6.07, 6.45) is 1.57. The summed E-state index contributed by atoms with van der Waals surface area (Å²) in [5.74, 6) is 0.207. The second-order valence-corrected chi connectivity index (χ2v) is 3.70. The number of aromatic nitrogens is 2. The van der Waals surface area contributed by atoms with Crippen LogP contribution in [0.4, 0.5) is 17.3 Å². The Balaban J connectivity index is 3.21. The Morgan fingerprint density at radius 3 is 2.40 bits per heavy atom. The fourth-order valence-electron chi connectivity index (χ4n) is 1.65. The third-order valence-corrected chi connectivity index (χ3v) is 2.51. The highest BCUT2D eigenvalue weighted by molar-refractivity contribution is 5.70. The first-order chi connectivity index (χ1) is 9.65. The predicted octanol–water partition coefficient (Wildman–Crippen LogP) is 1.06. The third kappa shape index (κ3) is 3.53. The summed E-state index contributed by atoms with van der Waals surface area (Å²) in [7, 11) is 1.52. The van der Waals surface area contributed by atoms with Crippen LogP contribution >= 0.6 is 0 Å². The molecule has 9 nitrogen and oxygen atoms in total. The van der Waals surface area contributed by atoms with E-state index in [4.69, 9.17) is 10.5 Å². The fourth-order valence-corrected chi connectivity index (χ4v) is 1.65. The van der Waals surface area contributed by atoms with Gasteiger partial charge in [0.2, 0.25) is 11.6 Å². The van der Waals surface area contributed by atoms with Crippen molar-refractivity contribution in [3.05, 3.63) is 16.4 Å². The summed E-state index contributed by atoms with van der Waals surface area (Å²) in [6, 6.07) is 3.94. The molecule has 1 heterocycles. The lowest BCUT2D eigenvalue weighted by atomic mass is 10.3. The van der Waals surface area contributed by atoms with Gasteiger partial charge in [-0.1, -0.05) is 0 Å². The predicted molar refractivity (Wildman–Crippen MR) is 70.9 cm³/mol. The highest BCUT2D eigenvalue weighted by Crippen LogP contribution is 2.31. The normalized spacial score (nSPS) is 9.35. The van der Waals surface area contributed by atoms with Crippen molar-refractivity contribution in [2.45, 2.75) is 12.8 Å². The van der Waals surface area contributed by atoms with Crippen LogP contribution in [0.2, 0.25) is 0 Å². The van der Waals surface area contributed by atoms with Crippen LogP contribution in [0.15, 0.2) is 6.33 Å². The van der Waals surface area contributed by atoms with Crippen LogP contribution in [0, 0.1) is 32.8 Å². The number of hydrogen-bond acceptors (Lipinski definition) is 8. The number of anilines is 2. The Labute approximate surface area is 115 Å². The van der Waals surface area contributed by atoms with Crippen molar-refractivity contribution >= 4 is 17.3 Å². The molecule has 1 rings (SSSR count). The van der Waals surface area contributed by atoms with Crippen LogP contribution in [-0.2, 0) is 0 Å². The van der Waals surface area contributed by atoms with Gasteiger partial charge in [-0.3, -0.25) is 10.1 Å². The van der Waals surface area contributed by atoms with Gasteiger partial charge in [-0.2, -0.15) is 10.5 Å². The number of nitrogens with one attached hydrogen (secondary N) is 1. The molecule has 0 aromatic carbocycles. The van der Waals surface area contributed by atoms with E-state index in [1.165, 1.54) is 13.4 Å². The topological polar surface area (TPSA) is 132 Å². The van der Waals surface area contributed by atoms with E-state index in [1.54, 1.807) is 4.90 Å². The van der Waals surface area contributed by atoms with Crippen molar-refractivity contribution in [1.29, 1.82) is 10.5 Å².